The van der Waals surface area contributed by atoms with Crippen LogP contribution in [0.1, 0.15) is 63.9 Å². The van der Waals surface area contributed by atoms with Gasteiger partial charge in [-0.25, -0.2) is 4.79 Å². The number of ether oxygens (including phenoxy) is 3. The topological polar surface area (TPSA) is 85.2 Å². The van der Waals surface area contributed by atoms with Gasteiger partial charge in [-0.05, 0) is 24.6 Å². The van der Waals surface area contributed by atoms with Crippen LogP contribution in [0.4, 0.5) is 0 Å². The van der Waals surface area contributed by atoms with Crippen LogP contribution in [0.25, 0.3) is 5.76 Å². The van der Waals surface area contributed by atoms with Gasteiger partial charge in [0, 0.05) is 0 Å². The highest BCUT2D eigenvalue weighted by atomic mass is 16.5. The van der Waals surface area contributed by atoms with Crippen molar-refractivity contribution in [3.8, 4) is 11.5 Å². The molecule has 1 aliphatic rings. The van der Waals surface area contributed by atoms with Gasteiger partial charge in [-0.1, -0.05) is 51.9 Å². The first-order valence-electron chi connectivity index (χ1n) is 9.78. The number of hydrogen-bond acceptors (Lipinski definition) is 5. The second-order valence-electron chi connectivity index (χ2n) is 6.72. The molecule has 150 valence electrons. The molecule has 2 rings (SSSR count). The highest BCUT2D eigenvalue weighted by Crippen LogP contribution is 2.34. The summed E-state index contributed by atoms with van der Waals surface area (Å²) < 4.78 is 16.5. The molecule has 0 unspecified atom stereocenters. The van der Waals surface area contributed by atoms with E-state index in [2.05, 4.69) is 6.92 Å². The van der Waals surface area contributed by atoms with Gasteiger partial charge in [-0.15, -0.1) is 0 Å². The Labute approximate surface area is 160 Å². The number of carboxylic acid groups (broad SMARTS) is 1. The fourth-order valence-electron chi connectivity index (χ4n) is 2.96. The van der Waals surface area contributed by atoms with Crippen LogP contribution in [-0.4, -0.2) is 36.0 Å². The van der Waals surface area contributed by atoms with Crippen LogP contribution >= 0.6 is 0 Å². The van der Waals surface area contributed by atoms with E-state index < -0.39 is 12.6 Å². The van der Waals surface area contributed by atoms with Crippen LogP contribution in [0, 0.1) is 0 Å². The summed E-state index contributed by atoms with van der Waals surface area (Å²) in [6.45, 7) is 2.51. The molecule has 1 aliphatic heterocycles. The molecule has 0 bridgehead atoms. The number of hydrogen-bond donors (Lipinski definition) is 2. The minimum atomic E-state index is -1.06. The first-order valence-corrected chi connectivity index (χ1v) is 9.78. The molecule has 0 saturated carbocycles. The number of carbonyl (C=O) groups is 1. The van der Waals surface area contributed by atoms with Gasteiger partial charge in [0.15, 0.2) is 18.1 Å². The number of aliphatic carboxylic acids is 1. The lowest BCUT2D eigenvalue weighted by Gasteiger charge is -2.21. The van der Waals surface area contributed by atoms with Crippen molar-refractivity contribution >= 4 is 11.7 Å². The quantitative estimate of drug-likeness (QED) is 0.474. The summed E-state index contributed by atoms with van der Waals surface area (Å²) in [5.74, 6) is 0.251. The van der Waals surface area contributed by atoms with Crippen molar-refractivity contribution in [2.24, 2.45) is 0 Å². The second kappa shape index (κ2) is 11.4. The minimum absolute atomic E-state index is 0.0246. The van der Waals surface area contributed by atoms with Crippen molar-refractivity contribution in [1.29, 1.82) is 0 Å². The third-order valence-corrected chi connectivity index (χ3v) is 4.47. The van der Waals surface area contributed by atoms with Crippen LogP contribution in [0.2, 0.25) is 0 Å². The average molecular weight is 378 g/mol. The lowest BCUT2D eigenvalue weighted by Crippen LogP contribution is -2.15. The Morgan fingerprint density at radius 1 is 1.07 bits per heavy atom. The molecule has 0 aliphatic carbocycles. The van der Waals surface area contributed by atoms with E-state index in [1.165, 1.54) is 38.5 Å². The summed E-state index contributed by atoms with van der Waals surface area (Å²) in [7, 11) is 0. The molecule has 1 aromatic carbocycles. The molecule has 27 heavy (non-hydrogen) atoms. The molecular weight excluding hydrogens is 348 g/mol. The van der Waals surface area contributed by atoms with Crippen LogP contribution < -0.4 is 9.47 Å². The Kier molecular flexibility index (Phi) is 8.81. The number of unbranched alkanes of at least 4 members (excludes halogenated alkanes) is 7. The summed E-state index contributed by atoms with van der Waals surface area (Å²) in [6.07, 6.45) is 9.75. The van der Waals surface area contributed by atoms with E-state index in [9.17, 15) is 9.90 Å². The number of fused-ring (bicyclic) bond motifs is 1. The van der Waals surface area contributed by atoms with Gasteiger partial charge in [0.1, 0.15) is 18.1 Å². The van der Waals surface area contributed by atoms with Gasteiger partial charge in [0.25, 0.3) is 0 Å². The fourth-order valence-corrected chi connectivity index (χ4v) is 2.96. The van der Waals surface area contributed by atoms with Gasteiger partial charge in [-0.2, -0.15) is 0 Å². The lowest BCUT2D eigenvalue weighted by molar-refractivity contribution is -0.139. The van der Waals surface area contributed by atoms with E-state index in [1.807, 2.05) is 0 Å². The first-order chi connectivity index (χ1) is 13.1. The maximum Gasteiger partial charge on any atom is 0.341 e. The summed E-state index contributed by atoms with van der Waals surface area (Å²) in [6, 6.07) is 4.83. The predicted molar refractivity (Wildman–Crippen MR) is 103 cm³/mol. The summed E-state index contributed by atoms with van der Waals surface area (Å²) >= 11 is 0. The van der Waals surface area contributed by atoms with E-state index in [1.54, 1.807) is 18.2 Å². The third kappa shape index (κ3) is 7.04. The number of rotatable bonds is 13. The molecule has 0 saturated heterocycles. The van der Waals surface area contributed by atoms with Gasteiger partial charge < -0.3 is 24.4 Å². The Balaban J connectivity index is 1.78. The maximum absolute atomic E-state index is 10.6. The van der Waals surface area contributed by atoms with E-state index in [4.69, 9.17) is 19.3 Å². The van der Waals surface area contributed by atoms with Gasteiger partial charge in [0.05, 0.1) is 12.2 Å². The maximum atomic E-state index is 10.6. The monoisotopic (exact) mass is 378 g/mol. The highest BCUT2D eigenvalue weighted by molar-refractivity contribution is 5.70. The largest absolute Gasteiger partial charge is 0.504 e. The summed E-state index contributed by atoms with van der Waals surface area (Å²) in [5, 5.41) is 19.1. The smallest absolute Gasteiger partial charge is 0.341 e. The van der Waals surface area contributed by atoms with Crippen molar-refractivity contribution in [2.45, 2.75) is 58.3 Å². The van der Waals surface area contributed by atoms with E-state index in [-0.39, 0.29) is 12.4 Å². The number of aliphatic hydroxyl groups is 1. The summed E-state index contributed by atoms with van der Waals surface area (Å²) in [5.41, 5.74) is 0.454. The Morgan fingerprint density at radius 2 is 1.78 bits per heavy atom. The lowest BCUT2D eigenvalue weighted by atomic mass is 10.1. The molecule has 0 radical (unpaired) electrons. The molecule has 0 amide bonds. The van der Waals surface area contributed by atoms with Crippen molar-refractivity contribution in [3.05, 3.63) is 29.5 Å². The van der Waals surface area contributed by atoms with E-state index >= 15 is 0 Å². The zero-order valence-electron chi connectivity index (χ0n) is 16.0. The zero-order valence-corrected chi connectivity index (χ0v) is 16.0. The van der Waals surface area contributed by atoms with Crippen LogP contribution in [0.5, 0.6) is 11.5 Å². The van der Waals surface area contributed by atoms with Gasteiger partial charge >= 0.3 is 5.97 Å². The number of aliphatic hydroxyl groups excluding tert-OH is 1. The van der Waals surface area contributed by atoms with Crippen LogP contribution in [0.15, 0.2) is 24.0 Å². The predicted octanol–water partition coefficient (Wildman–Crippen LogP) is 4.93. The van der Waals surface area contributed by atoms with Crippen molar-refractivity contribution in [3.63, 3.8) is 0 Å². The molecular formula is C21H30O6. The Bertz CT molecular complexity index is 638. The third-order valence-electron chi connectivity index (χ3n) is 4.47. The molecule has 0 spiro atoms. The minimum Gasteiger partial charge on any atom is -0.504 e. The Morgan fingerprint density at radius 3 is 2.48 bits per heavy atom. The normalized spacial score (nSPS) is 13.1. The zero-order chi connectivity index (χ0) is 19.5. The fraction of sp³-hybridized carbons (Fsp3) is 0.571. The van der Waals surface area contributed by atoms with Crippen LogP contribution in [-0.2, 0) is 9.53 Å². The standard InChI is InChI=1S/C21H30O6/c1-2-3-4-5-6-7-8-9-12-25-19-14-27-18-11-10-16(26-15-20(22)23)13-17(18)21(19)24/h10-11,13,24H,2-9,12,14-15H2,1H3,(H,22,23). The van der Waals surface area contributed by atoms with E-state index in [0.717, 1.165) is 12.8 Å². The second-order valence-corrected chi connectivity index (χ2v) is 6.72. The molecule has 1 heterocycles. The van der Waals surface area contributed by atoms with Crippen molar-refractivity contribution in [2.75, 3.05) is 19.8 Å². The highest BCUT2D eigenvalue weighted by Gasteiger charge is 2.22. The Hall–Kier alpha value is -2.37. The van der Waals surface area contributed by atoms with Crippen LogP contribution in [0.3, 0.4) is 0 Å². The average Bonchev–Trinajstić information content (AvgIpc) is 2.66. The molecule has 0 aromatic heterocycles. The van der Waals surface area contributed by atoms with Gasteiger partial charge in [0.2, 0.25) is 0 Å². The first kappa shape index (κ1) is 20.9. The van der Waals surface area contributed by atoms with E-state index in [0.29, 0.717) is 29.4 Å². The van der Waals surface area contributed by atoms with Crippen molar-refractivity contribution < 1.29 is 29.2 Å². The molecule has 2 N–H and O–H groups in total. The SMILES string of the molecule is CCCCCCCCCCOC1=C(O)c2cc(OCC(=O)O)ccc2OC1. The molecule has 0 fully saturated rings. The van der Waals surface area contributed by atoms with Gasteiger partial charge in [-0.3, -0.25) is 0 Å². The number of benzene rings is 1. The molecule has 6 heteroatoms. The summed E-state index contributed by atoms with van der Waals surface area (Å²) in [4.78, 5) is 10.6. The van der Waals surface area contributed by atoms with Crippen molar-refractivity contribution in [1.82, 2.24) is 0 Å². The number of carboxylic acids is 1. The molecule has 6 nitrogen and oxygen atoms in total. The molecule has 0 atom stereocenters. The molecule has 1 aromatic rings.